The summed E-state index contributed by atoms with van der Waals surface area (Å²) < 4.78 is 26.4. The van der Waals surface area contributed by atoms with E-state index >= 15 is 0 Å². The minimum absolute atomic E-state index is 0.00345. The second-order valence-corrected chi connectivity index (χ2v) is 8.17. The number of nitrogens with one attached hydrogen (secondary N) is 1. The van der Waals surface area contributed by atoms with E-state index in [1.807, 2.05) is 24.6 Å². The molecule has 0 radical (unpaired) electrons. The molecule has 0 spiro atoms. The highest BCUT2D eigenvalue weighted by molar-refractivity contribution is 5.96. The van der Waals surface area contributed by atoms with Crippen LogP contribution in [-0.4, -0.2) is 48.0 Å². The van der Waals surface area contributed by atoms with E-state index in [-0.39, 0.29) is 29.6 Å². The summed E-state index contributed by atoms with van der Waals surface area (Å²) in [6.07, 6.45) is 2.82. The molecule has 1 N–H and O–H groups in total. The number of esters is 1. The molecule has 1 atom stereocenters. The molecule has 0 fully saturated rings. The van der Waals surface area contributed by atoms with Gasteiger partial charge in [0.15, 0.2) is 0 Å². The van der Waals surface area contributed by atoms with Gasteiger partial charge in [-0.1, -0.05) is 13.8 Å². The number of ether oxygens (including phenoxy) is 2. The molecule has 2 heterocycles. The number of aromatic nitrogens is 2. The number of hydrogen-bond acceptors (Lipinski definition) is 6. The zero-order valence-corrected chi connectivity index (χ0v) is 19.0. The fourth-order valence-electron chi connectivity index (χ4n) is 3.80. The number of amides is 1. The van der Waals surface area contributed by atoms with Crippen LogP contribution in [0.4, 0.5) is 4.39 Å². The van der Waals surface area contributed by atoms with Crippen molar-refractivity contribution in [2.24, 2.45) is 5.92 Å². The quantitative estimate of drug-likeness (QED) is 0.670. The molecule has 176 valence electrons. The molecule has 1 amide bonds. The largest absolute Gasteiger partial charge is 0.462 e. The minimum Gasteiger partial charge on any atom is -0.462 e. The van der Waals surface area contributed by atoms with E-state index in [1.54, 1.807) is 0 Å². The van der Waals surface area contributed by atoms with Crippen molar-refractivity contribution < 1.29 is 23.5 Å². The average molecular weight is 457 g/mol. The number of rotatable bonds is 6. The van der Waals surface area contributed by atoms with Gasteiger partial charge >= 0.3 is 5.97 Å². The first-order valence-electron chi connectivity index (χ1n) is 11.2. The number of carbonyl (C=O) groups excluding carboxylic acids is 2. The molecule has 8 nitrogen and oxygen atoms in total. The number of nitrogens with zero attached hydrogens (tertiary/aromatic N) is 3. The third kappa shape index (κ3) is 6.39. The first-order valence-corrected chi connectivity index (χ1v) is 11.2. The normalized spacial score (nSPS) is 15.5. The third-order valence-corrected chi connectivity index (χ3v) is 5.39. The summed E-state index contributed by atoms with van der Waals surface area (Å²) in [5.74, 6) is -1.58. The van der Waals surface area contributed by atoms with E-state index in [0.717, 1.165) is 36.4 Å². The maximum atomic E-state index is 13.6. The van der Waals surface area contributed by atoms with Gasteiger partial charge in [0.2, 0.25) is 0 Å². The smallest absolute Gasteiger partial charge is 0.338 e. The molecule has 1 aromatic heterocycles. The molecule has 0 saturated heterocycles. The maximum absolute atomic E-state index is 13.6. The van der Waals surface area contributed by atoms with Gasteiger partial charge in [-0.2, -0.15) is 10.4 Å². The van der Waals surface area contributed by atoms with Crippen LogP contribution in [-0.2, 0) is 28.9 Å². The Morgan fingerprint density at radius 3 is 2.91 bits per heavy atom. The summed E-state index contributed by atoms with van der Waals surface area (Å²) in [6, 6.07) is 5.23. The summed E-state index contributed by atoms with van der Waals surface area (Å²) >= 11 is 0. The van der Waals surface area contributed by atoms with Crippen molar-refractivity contribution in [1.82, 2.24) is 15.1 Å². The van der Waals surface area contributed by atoms with Gasteiger partial charge in [-0.3, -0.25) is 9.48 Å². The summed E-state index contributed by atoms with van der Waals surface area (Å²) in [5.41, 5.74) is 2.29. The van der Waals surface area contributed by atoms with Crippen molar-refractivity contribution in [2.75, 3.05) is 26.4 Å². The predicted molar refractivity (Wildman–Crippen MR) is 118 cm³/mol. The highest BCUT2D eigenvalue weighted by Gasteiger charge is 2.24. The van der Waals surface area contributed by atoms with E-state index in [0.29, 0.717) is 44.7 Å². The number of aryl methyl sites for hydroxylation is 1. The van der Waals surface area contributed by atoms with E-state index in [2.05, 4.69) is 10.4 Å². The molecule has 0 unspecified atom stereocenters. The number of nitriles is 1. The van der Waals surface area contributed by atoms with Gasteiger partial charge in [-0.25, -0.2) is 9.18 Å². The Morgan fingerprint density at radius 1 is 1.36 bits per heavy atom. The third-order valence-electron chi connectivity index (χ3n) is 5.39. The average Bonchev–Trinajstić information content (AvgIpc) is 3.13. The minimum atomic E-state index is -0.691. The Bertz CT molecular complexity index is 1040. The van der Waals surface area contributed by atoms with Crippen molar-refractivity contribution in [3.8, 4) is 6.07 Å². The van der Waals surface area contributed by atoms with Crippen molar-refractivity contribution >= 4 is 11.9 Å². The van der Waals surface area contributed by atoms with Crippen LogP contribution in [0.3, 0.4) is 0 Å². The second-order valence-electron chi connectivity index (χ2n) is 8.17. The molecule has 33 heavy (non-hydrogen) atoms. The Balaban J connectivity index is 1.72. The zero-order chi connectivity index (χ0) is 23.8. The number of fused-ring (bicyclic) bond motifs is 1. The van der Waals surface area contributed by atoms with Crippen molar-refractivity contribution in [2.45, 2.75) is 46.1 Å². The van der Waals surface area contributed by atoms with E-state index in [9.17, 15) is 14.0 Å². The molecule has 0 aliphatic carbocycles. The predicted octanol–water partition coefficient (Wildman–Crippen LogP) is 3.03. The lowest BCUT2D eigenvalue weighted by atomic mass is 10.1. The van der Waals surface area contributed by atoms with Gasteiger partial charge in [0, 0.05) is 32.2 Å². The Hall–Kier alpha value is -3.25. The Labute approximate surface area is 192 Å². The molecule has 3 rings (SSSR count). The fraction of sp³-hybridized carbons (Fsp3) is 0.500. The second kappa shape index (κ2) is 11.6. The lowest BCUT2D eigenvalue weighted by molar-refractivity contribution is 0.0435. The first kappa shape index (κ1) is 24.4. The van der Waals surface area contributed by atoms with E-state index in [1.165, 1.54) is 6.07 Å². The molecule has 1 aromatic carbocycles. The number of hydrogen-bond donors (Lipinski definition) is 1. The van der Waals surface area contributed by atoms with Gasteiger partial charge in [0.1, 0.15) is 5.82 Å². The van der Waals surface area contributed by atoms with E-state index in [4.69, 9.17) is 14.7 Å². The summed E-state index contributed by atoms with van der Waals surface area (Å²) in [4.78, 5) is 25.2. The van der Waals surface area contributed by atoms with Crippen LogP contribution in [0.5, 0.6) is 0 Å². The molecular weight excluding hydrogens is 427 g/mol. The highest BCUT2D eigenvalue weighted by atomic mass is 19.1. The van der Waals surface area contributed by atoms with Crippen LogP contribution < -0.4 is 5.32 Å². The van der Waals surface area contributed by atoms with Crippen molar-refractivity contribution in [3.63, 3.8) is 0 Å². The molecule has 1 aliphatic rings. The number of carbonyl (C=O) groups is 2. The van der Waals surface area contributed by atoms with Crippen LogP contribution >= 0.6 is 0 Å². The van der Waals surface area contributed by atoms with Crippen LogP contribution in [0.2, 0.25) is 0 Å². The van der Waals surface area contributed by atoms with Crippen molar-refractivity contribution in [1.29, 1.82) is 5.26 Å². The molecular formula is C24H29FN4O4. The summed E-state index contributed by atoms with van der Waals surface area (Å²) in [6.45, 7) is 6.20. The van der Waals surface area contributed by atoms with Gasteiger partial charge < -0.3 is 14.8 Å². The molecule has 1 aliphatic heterocycles. The Kier molecular flexibility index (Phi) is 8.55. The van der Waals surface area contributed by atoms with Gasteiger partial charge in [0.05, 0.1) is 40.8 Å². The molecule has 2 aromatic rings. The maximum Gasteiger partial charge on any atom is 0.338 e. The van der Waals surface area contributed by atoms with Gasteiger partial charge in [-0.15, -0.1) is 0 Å². The summed E-state index contributed by atoms with van der Waals surface area (Å²) in [7, 11) is 0. The van der Waals surface area contributed by atoms with Crippen LogP contribution in [0, 0.1) is 23.1 Å². The van der Waals surface area contributed by atoms with Crippen molar-refractivity contribution in [3.05, 3.63) is 52.1 Å². The Morgan fingerprint density at radius 2 is 2.15 bits per heavy atom. The summed E-state index contributed by atoms with van der Waals surface area (Å²) in [5, 5.41) is 16.6. The molecule has 9 heteroatoms. The van der Waals surface area contributed by atoms with Gasteiger partial charge in [0.25, 0.3) is 5.91 Å². The number of benzene rings is 1. The van der Waals surface area contributed by atoms with Crippen LogP contribution in [0.15, 0.2) is 18.2 Å². The van der Waals surface area contributed by atoms with Crippen LogP contribution in [0.1, 0.15) is 64.4 Å². The first-order chi connectivity index (χ1) is 15.9. The lowest BCUT2D eigenvalue weighted by Crippen LogP contribution is -2.27. The van der Waals surface area contributed by atoms with Gasteiger partial charge in [-0.05, 0) is 43.9 Å². The van der Waals surface area contributed by atoms with Crippen LogP contribution in [0.25, 0.3) is 0 Å². The highest BCUT2D eigenvalue weighted by Crippen LogP contribution is 2.20. The SMILES string of the molecule is CCc1nn(C[C@@H](C)COC(=O)c2cc(F)cc(C#N)c2)c2c1C(=O)NCCCOCCC2. The zero-order valence-electron chi connectivity index (χ0n) is 19.0. The molecule has 0 saturated carbocycles. The topological polar surface area (TPSA) is 106 Å². The fourth-order valence-corrected chi connectivity index (χ4v) is 3.80. The molecule has 0 bridgehead atoms. The number of halogens is 1. The van der Waals surface area contributed by atoms with E-state index < -0.39 is 11.8 Å². The monoisotopic (exact) mass is 456 g/mol. The standard InChI is InChI=1S/C24H29FN4O4/c1-3-20-22-21(6-4-8-32-9-5-7-27-23(22)30)29(28-20)14-16(2)15-33-24(31)18-10-17(13-26)11-19(25)12-18/h10-12,16H,3-9,14-15H2,1-2H3,(H,27,30)/t16-/m1/s1. The lowest BCUT2D eigenvalue weighted by Gasteiger charge is -2.15.